The van der Waals surface area contributed by atoms with Gasteiger partial charge in [0.15, 0.2) is 0 Å². The third kappa shape index (κ3) is 12.3. The molecule has 0 spiro atoms. The summed E-state index contributed by atoms with van der Waals surface area (Å²) >= 11 is 0. The minimum Gasteiger partial charge on any atom is -0.493 e. The second-order valence-electron chi connectivity index (χ2n) is 16.2. The minimum absolute atomic E-state index is 0.264. The van der Waals surface area contributed by atoms with E-state index in [1.807, 2.05) is 16.9 Å². The van der Waals surface area contributed by atoms with Gasteiger partial charge in [0, 0.05) is 30.2 Å². The molecule has 19 heteroatoms. The van der Waals surface area contributed by atoms with Crippen molar-refractivity contribution < 1.29 is 62.8 Å². The van der Waals surface area contributed by atoms with Crippen molar-refractivity contribution in [3.05, 3.63) is 29.3 Å². The Balaban J connectivity index is 1.16. The van der Waals surface area contributed by atoms with Crippen LogP contribution in [0.1, 0.15) is 109 Å². The molecule has 0 aliphatic heterocycles. The van der Waals surface area contributed by atoms with Gasteiger partial charge >= 0.3 is 24.1 Å². The van der Waals surface area contributed by atoms with Gasteiger partial charge in [0.2, 0.25) is 0 Å². The monoisotopic (exact) mass is 912 g/mol. The van der Waals surface area contributed by atoms with Crippen LogP contribution in [0.4, 0.5) is 39.5 Å². The molecule has 4 rings (SSSR count). The summed E-state index contributed by atoms with van der Waals surface area (Å²) in [6.45, 7) is 10.4. The molecular formula is C40H58F9N2O5PS2. The number of nitrogens with zero attached hydrogens (tertiary/aromatic N) is 2. The third-order valence-electron chi connectivity index (χ3n) is 11.7. The maximum absolute atomic E-state index is 13.2. The Bertz CT molecular complexity index is 1460. The number of fused-ring (bicyclic) bond motifs is 5. The molecule has 3 aliphatic rings. The molecule has 338 valence electrons. The van der Waals surface area contributed by atoms with Crippen LogP contribution in [0.5, 0.6) is 5.75 Å². The van der Waals surface area contributed by atoms with Crippen LogP contribution in [0.15, 0.2) is 18.2 Å². The van der Waals surface area contributed by atoms with Gasteiger partial charge in [0.05, 0.1) is 45.0 Å². The van der Waals surface area contributed by atoms with Gasteiger partial charge in [0.1, 0.15) is 5.75 Å². The number of hydrogen-bond acceptors (Lipinski definition) is 9. The highest BCUT2D eigenvalue weighted by atomic mass is 33.1. The number of aryl methyl sites for hydroxylation is 1. The SMILES string of the molecule is CC(C)N(C(C)C)P(OCCC#N)OCCCCSSCCOc1ccc2c(c1)CC[C@@H]1[C@@H]2CC[C@]2(C)[C@@H](OCCCOC(C(F)(F)F)(C(F)(F)F)C(F)(F)F)CC[C@@H]12. The first-order valence-corrected chi connectivity index (χ1v) is 24.0. The molecule has 1 aromatic rings. The molecule has 1 aromatic carbocycles. The van der Waals surface area contributed by atoms with E-state index < -0.39 is 45.7 Å². The largest absolute Gasteiger partial charge is 0.493 e. The van der Waals surface area contributed by atoms with E-state index in [1.54, 1.807) is 10.8 Å². The van der Waals surface area contributed by atoms with E-state index in [4.69, 9.17) is 23.8 Å². The van der Waals surface area contributed by atoms with Gasteiger partial charge in [-0.05, 0) is 132 Å². The average Bonchev–Trinajstić information content (AvgIpc) is 3.47. The first-order valence-electron chi connectivity index (χ1n) is 20.4. The lowest BCUT2D eigenvalue weighted by Crippen LogP contribution is -2.67. The Kier molecular flexibility index (Phi) is 18.8. The molecule has 2 saturated carbocycles. The van der Waals surface area contributed by atoms with Gasteiger partial charge in [-0.15, -0.1) is 0 Å². The summed E-state index contributed by atoms with van der Waals surface area (Å²) < 4.78 is 149. The molecular weight excluding hydrogens is 855 g/mol. The summed E-state index contributed by atoms with van der Waals surface area (Å²) in [5.41, 5.74) is -3.93. The van der Waals surface area contributed by atoms with Crippen molar-refractivity contribution >= 4 is 30.1 Å². The number of alkyl halides is 9. The van der Waals surface area contributed by atoms with Crippen molar-refractivity contribution in [1.82, 2.24) is 4.67 Å². The number of halogens is 9. The van der Waals surface area contributed by atoms with Crippen molar-refractivity contribution in [2.75, 3.05) is 44.5 Å². The highest BCUT2D eigenvalue weighted by molar-refractivity contribution is 8.76. The quantitative estimate of drug-likeness (QED) is 0.0462. The number of unbranched alkanes of at least 4 members (excludes halogenated alkanes) is 1. The van der Waals surface area contributed by atoms with Gasteiger partial charge in [-0.3, -0.25) is 0 Å². The predicted molar refractivity (Wildman–Crippen MR) is 213 cm³/mol. The van der Waals surface area contributed by atoms with Crippen LogP contribution in [0.25, 0.3) is 0 Å². The molecule has 59 heavy (non-hydrogen) atoms. The Labute approximate surface area is 351 Å². The van der Waals surface area contributed by atoms with Gasteiger partial charge in [-0.25, -0.2) is 4.67 Å². The van der Waals surface area contributed by atoms with Crippen molar-refractivity contribution in [2.24, 2.45) is 17.3 Å². The smallest absolute Gasteiger partial charge is 0.435 e. The standard InChI is InChI=1S/C40H58F9N2O5PS2/c1-27(2)51(28(3)4)57(56-22-8-18-50)55-21-6-7-24-58-59-25-23-52-30-11-13-31-29(26-30)10-12-33-32(31)16-17-36(5)34(33)14-15-35(36)53-19-9-20-54-37(38(41,42)43,39(44,45)46)40(47,48)49/h11,13,26-28,32-35H,6-10,12,14-17,19-25H2,1-5H3/t32-,33-,34+,35+,36+,57?/m1/s1. The lowest BCUT2D eigenvalue weighted by Gasteiger charge is -2.50. The van der Waals surface area contributed by atoms with Crippen LogP contribution in [0.3, 0.4) is 0 Å². The minimum atomic E-state index is -6.74. The van der Waals surface area contributed by atoms with E-state index in [9.17, 15) is 39.5 Å². The molecule has 1 unspecified atom stereocenters. The zero-order valence-electron chi connectivity index (χ0n) is 34.3. The van der Waals surface area contributed by atoms with Crippen molar-refractivity contribution in [1.29, 1.82) is 5.26 Å². The van der Waals surface area contributed by atoms with Crippen molar-refractivity contribution in [3.8, 4) is 11.8 Å². The maximum atomic E-state index is 13.2. The van der Waals surface area contributed by atoms with Gasteiger partial charge < -0.3 is 23.3 Å². The predicted octanol–water partition coefficient (Wildman–Crippen LogP) is 12.6. The molecule has 0 saturated heterocycles. The summed E-state index contributed by atoms with van der Waals surface area (Å²) in [7, 11) is 2.37. The summed E-state index contributed by atoms with van der Waals surface area (Å²) in [6, 6.07) is 8.99. The molecule has 0 heterocycles. The molecule has 0 N–H and O–H groups in total. The average molecular weight is 913 g/mol. The Hall–Kier alpha value is -1.19. The van der Waals surface area contributed by atoms with Crippen LogP contribution in [0.2, 0.25) is 0 Å². The number of hydrogen-bond donors (Lipinski definition) is 0. The summed E-state index contributed by atoms with van der Waals surface area (Å²) in [4.78, 5) is 0. The molecule has 7 nitrogen and oxygen atoms in total. The number of benzene rings is 1. The third-order valence-corrected chi connectivity index (χ3v) is 16.3. The second kappa shape index (κ2) is 21.9. The van der Waals surface area contributed by atoms with Crippen LogP contribution in [0, 0.1) is 28.6 Å². The van der Waals surface area contributed by atoms with Gasteiger partial charge in [-0.1, -0.05) is 34.6 Å². The molecule has 2 fully saturated rings. The summed E-state index contributed by atoms with van der Waals surface area (Å²) in [6.07, 6.45) is -13.8. The molecule has 0 bridgehead atoms. The molecule has 6 atom stereocenters. The highest BCUT2D eigenvalue weighted by Gasteiger charge is 2.85. The van der Waals surface area contributed by atoms with E-state index in [0.29, 0.717) is 50.4 Å². The van der Waals surface area contributed by atoms with E-state index in [-0.39, 0.29) is 30.2 Å². The zero-order valence-corrected chi connectivity index (χ0v) is 36.8. The van der Waals surface area contributed by atoms with E-state index >= 15 is 0 Å². The van der Waals surface area contributed by atoms with E-state index in [2.05, 4.69) is 62.2 Å². The van der Waals surface area contributed by atoms with Gasteiger partial charge in [-0.2, -0.15) is 44.8 Å². The first-order chi connectivity index (χ1) is 27.7. The number of ether oxygens (including phenoxy) is 3. The van der Waals surface area contributed by atoms with Crippen LogP contribution < -0.4 is 4.74 Å². The Morgan fingerprint density at radius 2 is 1.47 bits per heavy atom. The van der Waals surface area contributed by atoms with Crippen LogP contribution >= 0.6 is 30.1 Å². The molecule has 0 amide bonds. The lowest BCUT2D eigenvalue weighted by molar-refractivity contribution is -0.457. The normalized spacial score (nSPS) is 24.3. The fourth-order valence-corrected chi connectivity index (χ4v) is 12.7. The fraction of sp³-hybridized carbons (Fsp3) is 0.825. The van der Waals surface area contributed by atoms with E-state index in [1.165, 1.54) is 11.1 Å². The van der Waals surface area contributed by atoms with Crippen LogP contribution in [-0.2, 0) is 24.9 Å². The maximum Gasteiger partial charge on any atom is 0.435 e. The Morgan fingerprint density at radius 1 is 0.814 bits per heavy atom. The second-order valence-corrected chi connectivity index (χ2v) is 20.4. The fourth-order valence-electron chi connectivity index (χ4n) is 9.14. The molecule has 0 aromatic heterocycles. The van der Waals surface area contributed by atoms with Gasteiger partial charge in [0.25, 0.3) is 8.53 Å². The topological polar surface area (TPSA) is 73.2 Å². The summed E-state index contributed by atoms with van der Waals surface area (Å²) in [5, 5.41) is 8.89. The lowest BCUT2D eigenvalue weighted by atomic mass is 9.55. The first kappa shape index (κ1) is 50.5. The molecule has 3 aliphatic carbocycles. The number of nitriles is 1. The number of rotatable bonds is 23. The van der Waals surface area contributed by atoms with Crippen molar-refractivity contribution in [2.45, 2.75) is 147 Å². The van der Waals surface area contributed by atoms with Crippen LogP contribution in [-0.4, -0.2) is 91.5 Å². The summed E-state index contributed by atoms with van der Waals surface area (Å²) in [5.74, 6) is 3.70. The van der Waals surface area contributed by atoms with E-state index in [0.717, 1.165) is 62.2 Å². The Morgan fingerprint density at radius 3 is 2.12 bits per heavy atom. The zero-order chi connectivity index (χ0) is 43.6. The van der Waals surface area contributed by atoms with Crippen molar-refractivity contribution in [3.63, 3.8) is 0 Å². The highest BCUT2D eigenvalue weighted by Crippen LogP contribution is 2.62. The molecule has 0 radical (unpaired) electrons.